The van der Waals surface area contributed by atoms with Crippen LogP contribution in [0.15, 0.2) is 18.2 Å². The van der Waals surface area contributed by atoms with Gasteiger partial charge in [-0.3, -0.25) is 4.79 Å². The number of aliphatic hydroxyl groups is 1. The molecule has 0 radical (unpaired) electrons. The number of likely N-dealkylation sites (N-methyl/N-ethyl adjacent to an activating group) is 1. The number of rotatable bonds is 7. The Morgan fingerprint density at radius 1 is 1.30 bits per heavy atom. The van der Waals surface area contributed by atoms with Gasteiger partial charge >= 0.3 is 0 Å². The van der Waals surface area contributed by atoms with E-state index in [1.807, 2.05) is 33.0 Å². The molecule has 0 aliphatic heterocycles. The highest BCUT2D eigenvalue weighted by molar-refractivity contribution is 5.72. The fourth-order valence-corrected chi connectivity index (χ4v) is 2.31. The fraction of sp³-hybridized carbons (Fsp3) is 0.562. The zero-order valence-electron chi connectivity index (χ0n) is 12.9. The summed E-state index contributed by atoms with van der Waals surface area (Å²) in [5, 5.41) is 13.0. The van der Waals surface area contributed by atoms with Crippen LogP contribution in [0.5, 0.6) is 0 Å². The van der Waals surface area contributed by atoms with Crippen molar-refractivity contribution in [1.29, 1.82) is 0 Å². The summed E-state index contributed by atoms with van der Waals surface area (Å²) in [7, 11) is 1.99. The van der Waals surface area contributed by atoms with Crippen molar-refractivity contribution in [3.63, 3.8) is 0 Å². The van der Waals surface area contributed by atoms with Crippen LogP contribution in [0.1, 0.15) is 36.1 Å². The summed E-state index contributed by atoms with van der Waals surface area (Å²) in [6.07, 6.45) is 0.412. The average molecular weight is 278 g/mol. The number of carbonyl (C=O) groups excluding carboxylic acids is 1. The predicted octanol–water partition coefficient (Wildman–Crippen LogP) is 1.79. The van der Waals surface area contributed by atoms with Crippen molar-refractivity contribution in [2.45, 2.75) is 33.3 Å². The van der Waals surface area contributed by atoms with Crippen LogP contribution in [0.2, 0.25) is 0 Å². The van der Waals surface area contributed by atoms with Gasteiger partial charge in [-0.25, -0.2) is 0 Å². The number of hydrogen-bond acceptors (Lipinski definition) is 3. The number of nitrogens with one attached hydrogen (secondary N) is 1. The summed E-state index contributed by atoms with van der Waals surface area (Å²) >= 11 is 0. The summed E-state index contributed by atoms with van der Waals surface area (Å²) in [6, 6.07) is 6.17. The normalized spacial score (nSPS) is 12.5. The third-order valence-corrected chi connectivity index (χ3v) is 3.20. The first-order valence-electron chi connectivity index (χ1n) is 7.07. The van der Waals surface area contributed by atoms with E-state index in [1.54, 1.807) is 0 Å². The van der Waals surface area contributed by atoms with E-state index in [0.29, 0.717) is 13.1 Å². The standard InChI is InChI=1S/C16H26N2O2/c1-12-8-13(2)10-15(9-12)16(20)11-18(4)7-5-6-17-14(3)19/h8-10,16,20H,5-7,11H2,1-4H3,(H,17,19). The summed E-state index contributed by atoms with van der Waals surface area (Å²) in [6.45, 7) is 7.73. The van der Waals surface area contributed by atoms with Crippen LogP contribution in [0.25, 0.3) is 0 Å². The molecule has 112 valence electrons. The number of aliphatic hydroxyl groups excluding tert-OH is 1. The lowest BCUT2D eigenvalue weighted by Gasteiger charge is -2.21. The topological polar surface area (TPSA) is 52.6 Å². The van der Waals surface area contributed by atoms with Gasteiger partial charge in [0.15, 0.2) is 0 Å². The summed E-state index contributed by atoms with van der Waals surface area (Å²) in [5.41, 5.74) is 3.32. The van der Waals surface area contributed by atoms with Gasteiger partial charge in [-0.1, -0.05) is 29.3 Å². The molecule has 0 saturated heterocycles. The minimum atomic E-state index is -0.473. The van der Waals surface area contributed by atoms with Crippen LogP contribution in [-0.2, 0) is 4.79 Å². The van der Waals surface area contributed by atoms with Crippen LogP contribution in [0.4, 0.5) is 0 Å². The molecular weight excluding hydrogens is 252 g/mol. The third kappa shape index (κ3) is 6.17. The molecule has 0 bridgehead atoms. The van der Waals surface area contributed by atoms with Crippen LogP contribution in [0, 0.1) is 13.8 Å². The van der Waals surface area contributed by atoms with Crippen LogP contribution >= 0.6 is 0 Å². The van der Waals surface area contributed by atoms with Crippen molar-refractivity contribution in [3.05, 3.63) is 34.9 Å². The molecule has 0 aliphatic rings. The fourth-order valence-electron chi connectivity index (χ4n) is 2.31. The van der Waals surface area contributed by atoms with Gasteiger partial charge < -0.3 is 15.3 Å². The second-order valence-corrected chi connectivity index (χ2v) is 5.54. The van der Waals surface area contributed by atoms with Gasteiger partial charge in [0.2, 0.25) is 5.91 Å². The summed E-state index contributed by atoms with van der Waals surface area (Å²) in [4.78, 5) is 12.8. The van der Waals surface area contributed by atoms with Crippen molar-refractivity contribution in [3.8, 4) is 0 Å². The molecule has 1 amide bonds. The van der Waals surface area contributed by atoms with E-state index >= 15 is 0 Å². The Kier molecular flexibility index (Phi) is 6.68. The van der Waals surface area contributed by atoms with Gasteiger partial charge in [-0.05, 0) is 39.4 Å². The Bertz CT molecular complexity index is 426. The quantitative estimate of drug-likeness (QED) is 0.748. The molecule has 0 aliphatic carbocycles. The maximum atomic E-state index is 10.8. The first kappa shape index (κ1) is 16.7. The maximum Gasteiger partial charge on any atom is 0.216 e. The lowest BCUT2D eigenvalue weighted by Crippen LogP contribution is -2.29. The van der Waals surface area contributed by atoms with E-state index in [4.69, 9.17) is 0 Å². The molecule has 0 fully saturated rings. The third-order valence-electron chi connectivity index (χ3n) is 3.20. The van der Waals surface area contributed by atoms with E-state index < -0.39 is 6.10 Å². The van der Waals surface area contributed by atoms with Crippen LogP contribution in [0.3, 0.4) is 0 Å². The Morgan fingerprint density at radius 2 is 1.90 bits per heavy atom. The maximum absolute atomic E-state index is 10.8. The summed E-state index contributed by atoms with van der Waals surface area (Å²) < 4.78 is 0. The SMILES string of the molecule is CC(=O)NCCCN(C)CC(O)c1cc(C)cc(C)c1. The zero-order valence-corrected chi connectivity index (χ0v) is 12.9. The van der Waals surface area contributed by atoms with Crippen LogP contribution in [-0.4, -0.2) is 42.6 Å². The largest absolute Gasteiger partial charge is 0.387 e. The molecule has 0 spiro atoms. The number of carbonyl (C=O) groups is 1. The highest BCUT2D eigenvalue weighted by Gasteiger charge is 2.11. The van der Waals surface area contributed by atoms with E-state index in [-0.39, 0.29) is 5.91 Å². The molecule has 0 aromatic heterocycles. The minimum absolute atomic E-state index is 0.00271. The molecule has 0 saturated carbocycles. The monoisotopic (exact) mass is 278 g/mol. The average Bonchev–Trinajstić information content (AvgIpc) is 2.33. The van der Waals surface area contributed by atoms with Crippen LogP contribution < -0.4 is 5.32 Å². The number of benzene rings is 1. The number of amides is 1. The lowest BCUT2D eigenvalue weighted by molar-refractivity contribution is -0.118. The Labute approximate surface area is 121 Å². The number of hydrogen-bond donors (Lipinski definition) is 2. The van der Waals surface area contributed by atoms with Gasteiger partial charge in [-0.15, -0.1) is 0 Å². The first-order valence-corrected chi connectivity index (χ1v) is 7.07. The van der Waals surface area contributed by atoms with Crippen molar-refractivity contribution < 1.29 is 9.90 Å². The minimum Gasteiger partial charge on any atom is -0.387 e. The van der Waals surface area contributed by atoms with Crippen molar-refractivity contribution >= 4 is 5.91 Å². The van der Waals surface area contributed by atoms with Gasteiger partial charge in [-0.2, -0.15) is 0 Å². The molecule has 2 N–H and O–H groups in total. The van der Waals surface area contributed by atoms with Crippen molar-refractivity contribution in [1.82, 2.24) is 10.2 Å². The second kappa shape index (κ2) is 8.02. The molecule has 1 rings (SSSR count). The number of nitrogens with zero attached hydrogens (tertiary/aromatic N) is 1. The Morgan fingerprint density at radius 3 is 2.45 bits per heavy atom. The van der Waals surface area contributed by atoms with Crippen molar-refractivity contribution in [2.24, 2.45) is 0 Å². The number of aryl methyl sites for hydroxylation is 2. The highest BCUT2D eigenvalue weighted by Crippen LogP contribution is 2.17. The Hall–Kier alpha value is -1.39. The lowest BCUT2D eigenvalue weighted by atomic mass is 10.0. The second-order valence-electron chi connectivity index (χ2n) is 5.54. The van der Waals surface area contributed by atoms with E-state index in [0.717, 1.165) is 18.5 Å². The molecule has 4 nitrogen and oxygen atoms in total. The zero-order chi connectivity index (χ0) is 15.1. The molecule has 4 heteroatoms. The molecule has 1 atom stereocenters. The van der Waals surface area contributed by atoms with Gasteiger partial charge in [0.05, 0.1) is 6.10 Å². The molecular formula is C16H26N2O2. The van der Waals surface area contributed by atoms with E-state index in [2.05, 4.69) is 16.3 Å². The van der Waals surface area contributed by atoms with E-state index in [1.165, 1.54) is 18.1 Å². The smallest absolute Gasteiger partial charge is 0.216 e. The molecule has 1 aromatic carbocycles. The van der Waals surface area contributed by atoms with Gasteiger partial charge in [0.1, 0.15) is 0 Å². The molecule has 1 unspecified atom stereocenters. The summed E-state index contributed by atoms with van der Waals surface area (Å²) in [5.74, 6) is 0.00271. The molecule has 0 heterocycles. The van der Waals surface area contributed by atoms with E-state index in [9.17, 15) is 9.90 Å². The molecule has 1 aromatic rings. The van der Waals surface area contributed by atoms with Crippen molar-refractivity contribution in [2.75, 3.05) is 26.7 Å². The van der Waals surface area contributed by atoms with Gasteiger partial charge in [0.25, 0.3) is 0 Å². The predicted molar refractivity (Wildman–Crippen MR) is 81.7 cm³/mol. The van der Waals surface area contributed by atoms with Gasteiger partial charge in [0, 0.05) is 20.0 Å². The highest BCUT2D eigenvalue weighted by atomic mass is 16.3. The molecule has 20 heavy (non-hydrogen) atoms. The first-order chi connectivity index (χ1) is 9.38. The Balaban J connectivity index is 2.40.